The summed E-state index contributed by atoms with van der Waals surface area (Å²) in [5, 5.41) is 9.22. The van der Waals surface area contributed by atoms with E-state index in [9.17, 15) is 18.3 Å². The van der Waals surface area contributed by atoms with Gasteiger partial charge >= 0.3 is 5.97 Å². The van der Waals surface area contributed by atoms with Gasteiger partial charge in [0.05, 0.1) is 19.3 Å². The molecule has 0 aliphatic carbocycles. The lowest BCUT2D eigenvalue weighted by atomic mass is 9.86. The van der Waals surface area contributed by atoms with E-state index in [0.29, 0.717) is 13.1 Å². The first-order valence-electron chi connectivity index (χ1n) is 6.45. The lowest BCUT2D eigenvalue weighted by molar-refractivity contribution is -0.148. The van der Waals surface area contributed by atoms with Gasteiger partial charge in [0.2, 0.25) is 0 Å². The molecule has 0 radical (unpaired) electrons. The second-order valence-corrected chi connectivity index (χ2v) is 7.08. The maximum absolute atomic E-state index is 12.2. The SMILES string of the molecule is CC1(C(=O)O)COCC1NS(=O)(=O)N1CCCCC1. The van der Waals surface area contributed by atoms with Crippen LogP contribution >= 0.6 is 0 Å². The van der Waals surface area contributed by atoms with Gasteiger partial charge in [0, 0.05) is 13.1 Å². The van der Waals surface area contributed by atoms with Crippen LogP contribution in [0.15, 0.2) is 0 Å². The van der Waals surface area contributed by atoms with E-state index in [1.54, 1.807) is 0 Å². The van der Waals surface area contributed by atoms with Crippen molar-refractivity contribution in [1.82, 2.24) is 9.03 Å². The number of nitrogens with one attached hydrogen (secondary N) is 1. The molecule has 0 amide bonds. The van der Waals surface area contributed by atoms with Gasteiger partial charge in [-0.3, -0.25) is 4.79 Å². The summed E-state index contributed by atoms with van der Waals surface area (Å²) in [6.45, 7) is 2.61. The van der Waals surface area contributed by atoms with Crippen molar-refractivity contribution in [1.29, 1.82) is 0 Å². The number of hydrogen-bond acceptors (Lipinski definition) is 4. The van der Waals surface area contributed by atoms with E-state index in [0.717, 1.165) is 19.3 Å². The summed E-state index contributed by atoms with van der Waals surface area (Å²) in [5.41, 5.74) is -1.21. The standard InChI is InChI=1S/C11H20N2O5S/c1-11(10(14)15)8-18-7-9(11)12-19(16,17)13-5-3-2-4-6-13/h9,12H,2-8H2,1H3,(H,14,15). The van der Waals surface area contributed by atoms with Crippen LogP contribution in [0, 0.1) is 5.41 Å². The number of nitrogens with zero attached hydrogens (tertiary/aromatic N) is 1. The molecule has 0 aromatic rings. The van der Waals surface area contributed by atoms with Crippen LogP contribution < -0.4 is 4.72 Å². The van der Waals surface area contributed by atoms with Crippen molar-refractivity contribution in [3.8, 4) is 0 Å². The van der Waals surface area contributed by atoms with Gasteiger partial charge in [-0.15, -0.1) is 0 Å². The van der Waals surface area contributed by atoms with Gasteiger partial charge in [0.25, 0.3) is 10.2 Å². The summed E-state index contributed by atoms with van der Waals surface area (Å²) in [6, 6.07) is -0.725. The fraction of sp³-hybridized carbons (Fsp3) is 0.909. The predicted molar refractivity (Wildman–Crippen MR) is 67.8 cm³/mol. The van der Waals surface area contributed by atoms with Gasteiger partial charge in [-0.05, 0) is 19.8 Å². The van der Waals surface area contributed by atoms with Crippen molar-refractivity contribution >= 4 is 16.2 Å². The first-order valence-corrected chi connectivity index (χ1v) is 7.89. The highest BCUT2D eigenvalue weighted by Gasteiger charge is 2.48. The molecule has 7 nitrogen and oxygen atoms in total. The quantitative estimate of drug-likeness (QED) is 0.748. The molecule has 0 bridgehead atoms. The minimum atomic E-state index is -3.63. The van der Waals surface area contributed by atoms with Gasteiger partial charge in [0.15, 0.2) is 0 Å². The van der Waals surface area contributed by atoms with Crippen molar-refractivity contribution < 1.29 is 23.1 Å². The van der Waals surface area contributed by atoms with Gasteiger partial charge in [-0.1, -0.05) is 6.42 Å². The fourth-order valence-electron chi connectivity index (χ4n) is 2.41. The van der Waals surface area contributed by atoms with Crippen molar-refractivity contribution in [2.45, 2.75) is 32.2 Å². The van der Waals surface area contributed by atoms with Crippen LogP contribution in [0.25, 0.3) is 0 Å². The number of carbonyl (C=O) groups is 1. The Kier molecular flexibility index (Phi) is 4.14. The monoisotopic (exact) mass is 292 g/mol. The van der Waals surface area contributed by atoms with E-state index in [1.807, 2.05) is 0 Å². The topological polar surface area (TPSA) is 95.9 Å². The van der Waals surface area contributed by atoms with Crippen LogP contribution in [0.2, 0.25) is 0 Å². The van der Waals surface area contributed by atoms with Gasteiger partial charge in [-0.25, -0.2) is 0 Å². The van der Waals surface area contributed by atoms with Crippen molar-refractivity contribution in [3.05, 3.63) is 0 Å². The first-order chi connectivity index (χ1) is 8.86. The highest BCUT2D eigenvalue weighted by Crippen LogP contribution is 2.29. The minimum absolute atomic E-state index is 0.0233. The molecule has 0 saturated carbocycles. The summed E-state index contributed by atoms with van der Waals surface area (Å²) < 4.78 is 33.5. The molecule has 2 rings (SSSR count). The molecule has 2 N–H and O–H groups in total. The number of piperidine rings is 1. The summed E-state index contributed by atoms with van der Waals surface area (Å²) in [6.07, 6.45) is 2.72. The summed E-state index contributed by atoms with van der Waals surface area (Å²) in [7, 11) is -3.63. The summed E-state index contributed by atoms with van der Waals surface area (Å²) in [5.74, 6) is -1.05. The number of ether oxygens (including phenoxy) is 1. The molecular formula is C11H20N2O5S. The lowest BCUT2D eigenvalue weighted by Gasteiger charge is -2.30. The van der Waals surface area contributed by atoms with Crippen LogP contribution in [0.3, 0.4) is 0 Å². The average Bonchev–Trinajstić information content (AvgIpc) is 2.73. The zero-order chi connectivity index (χ0) is 14.1. The second kappa shape index (κ2) is 5.35. The van der Waals surface area contributed by atoms with E-state index in [-0.39, 0.29) is 13.2 Å². The smallest absolute Gasteiger partial charge is 0.313 e. The summed E-state index contributed by atoms with van der Waals surface area (Å²) >= 11 is 0. The predicted octanol–water partition coefficient (Wildman–Crippen LogP) is -0.204. The molecule has 2 fully saturated rings. The zero-order valence-corrected chi connectivity index (χ0v) is 11.8. The molecular weight excluding hydrogens is 272 g/mol. The van der Waals surface area contributed by atoms with Crippen LogP contribution in [0.1, 0.15) is 26.2 Å². The number of hydrogen-bond donors (Lipinski definition) is 2. The third-order valence-corrected chi connectivity index (χ3v) is 5.52. The van der Waals surface area contributed by atoms with Crippen LogP contribution in [0.4, 0.5) is 0 Å². The lowest BCUT2D eigenvalue weighted by Crippen LogP contribution is -2.54. The Hall–Kier alpha value is -0.700. The minimum Gasteiger partial charge on any atom is -0.481 e. The Morgan fingerprint density at radius 2 is 2.00 bits per heavy atom. The number of carboxylic acid groups (broad SMARTS) is 1. The van der Waals surface area contributed by atoms with Crippen molar-refractivity contribution in [2.24, 2.45) is 5.41 Å². The summed E-state index contributed by atoms with van der Waals surface area (Å²) in [4.78, 5) is 11.3. The maximum atomic E-state index is 12.2. The highest BCUT2D eigenvalue weighted by atomic mass is 32.2. The Morgan fingerprint density at radius 3 is 2.58 bits per heavy atom. The van der Waals surface area contributed by atoms with Gasteiger partial charge in [0.1, 0.15) is 5.41 Å². The molecule has 2 saturated heterocycles. The average molecular weight is 292 g/mol. The highest BCUT2D eigenvalue weighted by molar-refractivity contribution is 7.87. The molecule has 8 heteroatoms. The van der Waals surface area contributed by atoms with E-state index < -0.39 is 27.6 Å². The molecule has 0 aromatic carbocycles. The Balaban J connectivity index is 2.09. The number of aliphatic carboxylic acids is 1. The molecule has 2 atom stereocenters. The normalized spacial score (nSPS) is 33.4. The van der Waals surface area contributed by atoms with E-state index >= 15 is 0 Å². The van der Waals surface area contributed by atoms with Crippen LogP contribution in [-0.4, -0.2) is 56.1 Å². The number of rotatable bonds is 4. The zero-order valence-electron chi connectivity index (χ0n) is 11.0. The Bertz CT molecular complexity index is 446. The molecule has 2 aliphatic rings. The van der Waals surface area contributed by atoms with E-state index in [4.69, 9.17) is 4.74 Å². The first kappa shape index (κ1) is 14.7. The third kappa shape index (κ3) is 2.91. The van der Waals surface area contributed by atoms with E-state index in [1.165, 1.54) is 11.2 Å². The fourth-order valence-corrected chi connectivity index (χ4v) is 3.98. The largest absolute Gasteiger partial charge is 0.481 e. The number of carboxylic acids is 1. The molecule has 0 aromatic heterocycles. The Labute approximate surface area is 113 Å². The van der Waals surface area contributed by atoms with Crippen molar-refractivity contribution in [2.75, 3.05) is 26.3 Å². The van der Waals surface area contributed by atoms with Gasteiger partial charge < -0.3 is 9.84 Å². The third-order valence-electron chi connectivity index (χ3n) is 3.89. The Morgan fingerprint density at radius 1 is 1.37 bits per heavy atom. The van der Waals surface area contributed by atoms with Gasteiger partial charge in [-0.2, -0.15) is 17.4 Å². The molecule has 2 heterocycles. The van der Waals surface area contributed by atoms with Crippen molar-refractivity contribution in [3.63, 3.8) is 0 Å². The molecule has 2 aliphatic heterocycles. The van der Waals surface area contributed by atoms with Crippen LogP contribution in [0.5, 0.6) is 0 Å². The molecule has 2 unspecified atom stereocenters. The molecule has 19 heavy (non-hydrogen) atoms. The van der Waals surface area contributed by atoms with Crippen LogP contribution in [-0.2, 0) is 19.7 Å². The second-order valence-electron chi connectivity index (χ2n) is 5.37. The molecule has 110 valence electrons. The molecule has 0 spiro atoms. The van der Waals surface area contributed by atoms with E-state index in [2.05, 4.69) is 4.72 Å². The maximum Gasteiger partial charge on any atom is 0.313 e.